The summed E-state index contributed by atoms with van der Waals surface area (Å²) in [4.78, 5) is 12.2. The van der Waals surface area contributed by atoms with Gasteiger partial charge < -0.3 is 10.6 Å². The average molecular weight is 355 g/mol. The van der Waals surface area contributed by atoms with Crippen LogP contribution in [0.3, 0.4) is 0 Å². The van der Waals surface area contributed by atoms with Crippen LogP contribution in [0, 0.1) is 13.8 Å². The number of nitrogens with one attached hydrogen (secondary N) is 2. The standard InChI is InChI=1S/C19H19ClN4O/c1-13-18(22-19(25)21-16-9-4-3-5-10-16)14(2)24(23-13)12-15-8-6-7-11-17(15)20/h3-11H,12H2,1-2H3,(H2,21,22,25). The molecule has 0 aliphatic heterocycles. The number of rotatable bonds is 4. The second-order valence-corrected chi connectivity index (χ2v) is 6.15. The summed E-state index contributed by atoms with van der Waals surface area (Å²) in [7, 11) is 0. The molecule has 3 rings (SSSR count). The summed E-state index contributed by atoms with van der Waals surface area (Å²) in [6, 6.07) is 16.7. The Morgan fingerprint density at radius 3 is 2.44 bits per heavy atom. The van der Waals surface area contributed by atoms with Crippen molar-refractivity contribution in [3.63, 3.8) is 0 Å². The highest BCUT2D eigenvalue weighted by Crippen LogP contribution is 2.23. The van der Waals surface area contributed by atoms with Crippen molar-refractivity contribution in [2.24, 2.45) is 0 Å². The molecule has 0 fully saturated rings. The molecule has 2 aromatic carbocycles. The number of carbonyl (C=O) groups is 1. The van der Waals surface area contributed by atoms with Crippen molar-refractivity contribution in [3.05, 3.63) is 76.6 Å². The molecule has 1 heterocycles. The van der Waals surface area contributed by atoms with E-state index in [0.717, 1.165) is 22.6 Å². The van der Waals surface area contributed by atoms with Crippen LogP contribution in [0.25, 0.3) is 0 Å². The second-order valence-electron chi connectivity index (χ2n) is 5.74. The van der Waals surface area contributed by atoms with Crippen LogP contribution in [0.4, 0.5) is 16.2 Å². The van der Waals surface area contributed by atoms with Gasteiger partial charge in [-0.2, -0.15) is 5.10 Å². The van der Waals surface area contributed by atoms with E-state index in [1.54, 1.807) is 0 Å². The molecule has 0 bridgehead atoms. The fourth-order valence-corrected chi connectivity index (χ4v) is 2.81. The molecule has 128 valence electrons. The van der Waals surface area contributed by atoms with Gasteiger partial charge in [-0.15, -0.1) is 0 Å². The van der Waals surface area contributed by atoms with Crippen molar-refractivity contribution in [1.29, 1.82) is 0 Å². The zero-order valence-corrected chi connectivity index (χ0v) is 14.8. The van der Waals surface area contributed by atoms with Crippen LogP contribution in [0.2, 0.25) is 5.02 Å². The highest BCUT2D eigenvalue weighted by atomic mass is 35.5. The molecule has 0 aliphatic rings. The third kappa shape index (κ3) is 4.00. The van der Waals surface area contributed by atoms with Crippen molar-refractivity contribution in [1.82, 2.24) is 9.78 Å². The molecule has 3 aromatic rings. The molecule has 5 nitrogen and oxygen atoms in total. The van der Waals surface area contributed by atoms with Crippen molar-refractivity contribution in [2.45, 2.75) is 20.4 Å². The maximum Gasteiger partial charge on any atom is 0.323 e. The Kier molecular flexibility index (Phi) is 5.05. The largest absolute Gasteiger partial charge is 0.323 e. The number of amides is 2. The van der Waals surface area contributed by atoms with E-state index in [1.807, 2.05) is 73.1 Å². The number of benzene rings is 2. The van der Waals surface area contributed by atoms with E-state index >= 15 is 0 Å². The number of urea groups is 1. The molecule has 6 heteroatoms. The van der Waals surface area contributed by atoms with Gasteiger partial charge in [0.15, 0.2) is 0 Å². The van der Waals surface area contributed by atoms with Crippen molar-refractivity contribution in [3.8, 4) is 0 Å². The van der Waals surface area contributed by atoms with Crippen molar-refractivity contribution >= 4 is 29.0 Å². The van der Waals surface area contributed by atoms with Crippen molar-refractivity contribution in [2.75, 3.05) is 10.6 Å². The fraction of sp³-hybridized carbons (Fsp3) is 0.158. The summed E-state index contributed by atoms with van der Waals surface area (Å²) in [6.07, 6.45) is 0. The molecule has 0 saturated heterocycles. The number of carbonyl (C=O) groups excluding carboxylic acids is 1. The van der Waals surface area contributed by atoms with Crippen LogP contribution < -0.4 is 10.6 Å². The van der Waals surface area contributed by atoms with Crippen LogP contribution in [0.5, 0.6) is 0 Å². The Bertz CT molecular complexity index is 890. The van der Waals surface area contributed by atoms with Gasteiger partial charge in [-0.3, -0.25) is 4.68 Å². The minimum Gasteiger partial charge on any atom is -0.308 e. The Labute approximate surface area is 151 Å². The zero-order chi connectivity index (χ0) is 17.8. The van der Waals surface area contributed by atoms with Crippen LogP contribution >= 0.6 is 11.6 Å². The monoisotopic (exact) mass is 354 g/mol. The first-order valence-electron chi connectivity index (χ1n) is 7.95. The predicted octanol–water partition coefficient (Wildman–Crippen LogP) is 4.85. The lowest BCUT2D eigenvalue weighted by atomic mass is 10.2. The van der Waals surface area contributed by atoms with Gasteiger partial charge in [0.05, 0.1) is 23.6 Å². The van der Waals surface area contributed by atoms with Gasteiger partial charge in [0, 0.05) is 10.7 Å². The first-order chi connectivity index (χ1) is 12.0. The molecular weight excluding hydrogens is 336 g/mol. The Morgan fingerprint density at radius 2 is 1.72 bits per heavy atom. The molecular formula is C19H19ClN4O. The molecule has 0 aliphatic carbocycles. The number of anilines is 2. The van der Waals surface area contributed by atoms with Gasteiger partial charge >= 0.3 is 6.03 Å². The topological polar surface area (TPSA) is 59.0 Å². The molecule has 0 unspecified atom stereocenters. The number of halogens is 1. The average Bonchev–Trinajstić information content (AvgIpc) is 2.85. The molecule has 0 radical (unpaired) electrons. The first kappa shape index (κ1) is 17.0. The fourth-order valence-electron chi connectivity index (χ4n) is 2.62. The number of hydrogen-bond donors (Lipinski definition) is 2. The third-order valence-corrected chi connectivity index (χ3v) is 4.30. The molecule has 1 aromatic heterocycles. The van der Waals surface area contributed by atoms with E-state index in [2.05, 4.69) is 15.7 Å². The van der Waals surface area contributed by atoms with Gasteiger partial charge in [-0.05, 0) is 37.6 Å². The Balaban J connectivity index is 1.76. The molecule has 0 saturated carbocycles. The van der Waals surface area contributed by atoms with E-state index in [4.69, 9.17) is 11.6 Å². The lowest BCUT2D eigenvalue weighted by molar-refractivity contribution is 0.262. The zero-order valence-electron chi connectivity index (χ0n) is 14.1. The van der Waals surface area contributed by atoms with E-state index in [1.165, 1.54) is 0 Å². The number of nitrogens with zero attached hydrogens (tertiary/aromatic N) is 2. The Morgan fingerprint density at radius 1 is 1.04 bits per heavy atom. The quantitative estimate of drug-likeness (QED) is 0.703. The Hall–Kier alpha value is -2.79. The predicted molar refractivity (Wildman–Crippen MR) is 101 cm³/mol. The van der Waals surface area contributed by atoms with Crippen LogP contribution in [-0.4, -0.2) is 15.8 Å². The summed E-state index contributed by atoms with van der Waals surface area (Å²) in [5, 5.41) is 10.9. The smallest absolute Gasteiger partial charge is 0.308 e. The van der Waals surface area contributed by atoms with E-state index in [9.17, 15) is 4.79 Å². The summed E-state index contributed by atoms with van der Waals surface area (Å²) in [5.41, 5.74) is 4.06. The minimum absolute atomic E-state index is 0.297. The minimum atomic E-state index is -0.297. The highest BCUT2D eigenvalue weighted by molar-refractivity contribution is 6.31. The van der Waals surface area contributed by atoms with E-state index in [-0.39, 0.29) is 6.03 Å². The maximum atomic E-state index is 12.2. The van der Waals surface area contributed by atoms with Gasteiger partial charge in [0.2, 0.25) is 0 Å². The summed E-state index contributed by atoms with van der Waals surface area (Å²) < 4.78 is 1.84. The number of para-hydroxylation sites is 1. The van der Waals surface area contributed by atoms with Gasteiger partial charge in [-0.1, -0.05) is 48.0 Å². The summed E-state index contributed by atoms with van der Waals surface area (Å²) in [6.45, 7) is 4.34. The second kappa shape index (κ2) is 7.40. The van der Waals surface area contributed by atoms with Gasteiger partial charge in [0.1, 0.15) is 0 Å². The SMILES string of the molecule is Cc1nn(Cc2ccccc2Cl)c(C)c1NC(=O)Nc1ccccc1. The lowest BCUT2D eigenvalue weighted by Gasteiger charge is -2.09. The van der Waals surface area contributed by atoms with E-state index in [0.29, 0.717) is 17.3 Å². The molecule has 25 heavy (non-hydrogen) atoms. The maximum absolute atomic E-state index is 12.2. The van der Waals surface area contributed by atoms with Gasteiger partial charge in [0.25, 0.3) is 0 Å². The normalized spacial score (nSPS) is 10.5. The highest BCUT2D eigenvalue weighted by Gasteiger charge is 2.15. The molecule has 0 spiro atoms. The first-order valence-corrected chi connectivity index (χ1v) is 8.33. The number of aryl methyl sites for hydroxylation is 1. The summed E-state index contributed by atoms with van der Waals surface area (Å²) >= 11 is 6.23. The third-order valence-electron chi connectivity index (χ3n) is 3.93. The number of aromatic nitrogens is 2. The molecule has 2 N–H and O–H groups in total. The van der Waals surface area contributed by atoms with Crippen LogP contribution in [0.1, 0.15) is 17.0 Å². The summed E-state index contributed by atoms with van der Waals surface area (Å²) in [5.74, 6) is 0. The molecule has 2 amide bonds. The molecule has 0 atom stereocenters. The number of hydrogen-bond acceptors (Lipinski definition) is 2. The van der Waals surface area contributed by atoms with Crippen LogP contribution in [0.15, 0.2) is 54.6 Å². The van der Waals surface area contributed by atoms with Crippen LogP contribution in [-0.2, 0) is 6.54 Å². The van der Waals surface area contributed by atoms with Gasteiger partial charge in [-0.25, -0.2) is 4.79 Å². The van der Waals surface area contributed by atoms with Crippen molar-refractivity contribution < 1.29 is 4.79 Å². The van der Waals surface area contributed by atoms with E-state index < -0.39 is 0 Å². The lowest BCUT2D eigenvalue weighted by Crippen LogP contribution is -2.20.